The number of unbranched alkanes of at least 4 members (excludes halogenated alkanes) is 1. The molecule has 0 saturated heterocycles. The van der Waals surface area contributed by atoms with E-state index in [1.807, 2.05) is 0 Å². The van der Waals surface area contributed by atoms with Gasteiger partial charge >= 0.3 is 0 Å². The Morgan fingerprint density at radius 2 is 2.00 bits per heavy atom. The molecule has 5 heteroatoms. The van der Waals surface area contributed by atoms with Gasteiger partial charge in [-0.25, -0.2) is 0 Å². The molecule has 0 unspecified atom stereocenters. The van der Waals surface area contributed by atoms with Crippen LogP contribution >= 0.6 is 0 Å². The highest BCUT2D eigenvalue weighted by molar-refractivity contribution is 5.91. The van der Waals surface area contributed by atoms with Crippen molar-refractivity contribution in [2.75, 3.05) is 25.1 Å². The van der Waals surface area contributed by atoms with Gasteiger partial charge in [-0.2, -0.15) is 0 Å². The highest BCUT2D eigenvalue weighted by atomic mass is 16.6. The smallest absolute Gasteiger partial charge is 0.224 e. The number of amides is 1. The number of benzene rings is 1. The zero-order valence-electron chi connectivity index (χ0n) is 10.1. The number of carbonyl (C=O) groups is 1. The molecule has 0 saturated carbocycles. The first-order valence-electron chi connectivity index (χ1n) is 6.10. The van der Waals surface area contributed by atoms with Gasteiger partial charge in [0.05, 0.1) is 0 Å². The lowest BCUT2D eigenvalue weighted by atomic mass is 10.2. The van der Waals surface area contributed by atoms with Crippen molar-refractivity contribution in [3.63, 3.8) is 0 Å². The Hall–Kier alpha value is -1.75. The maximum atomic E-state index is 11.6. The fourth-order valence-corrected chi connectivity index (χ4v) is 1.74. The first kappa shape index (κ1) is 12.7. The highest BCUT2D eigenvalue weighted by Gasteiger charge is 2.12. The Balaban J connectivity index is 1.91. The number of nitrogens with one attached hydrogen (secondary N) is 1. The second kappa shape index (κ2) is 6.26. The van der Waals surface area contributed by atoms with E-state index in [4.69, 9.17) is 14.6 Å². The lowest BCUT2D eigenvalue weighted by molar-refractivity contribution is -0.116. The lowest BCUT2D eigenvalue weighted by Gasteiger charge is -2.19. The van der Waals surface area contributed by atoms with Crippen LogP contribution in [0.1, 0.15) is 19.3 Å². The minimum Gasteiger partial charge on any atom is -0.486 e. The van der Waals surface area contributed by atoms with Gasteiger partial charge in [0.25, 0.3) is 0 Å². The van der Waals surface area contributed by atoms with E-state index in [2.05, 4.69) is 5.32 Å². The normalized spacial score (nSPS) is 13.2. The summed E-state index contributed by atoms with van der Waals surface area (Å²) in [7, 11) is 0. The van der Waals surface area contributed by atoms with Crippen LogP contribution in [0.15, 0.2) is 18.2 Å². The first-order chi connectivity index (χ1) is 8.79. The average molecular weight is 251 g/mol. The predicted molar refractivity (Wildman–Crippen MR) is 67.0 cm³/mol. The van der Waals surface area contributed by atoms with Crippen molar-refractivity contribution in [1.29, 1.82) is 0 Å². The van der Waals surface area contributed by atoms with Crippen molar-refractivity contribution in [1.82, 2.24) is 0 Å². The number of rotatable bonds is 5. The summed E-state index contributed by atoms with van der Waals surface area (Å²) in [6, 6.07) is 5.34. The largest absolute Gasteiger partial charge is 0.486 e. The molecule has 18 heavy (non-hydrogen) atoms. The Bertz CT molecular complexity index is 419. The van der Waals surface area contributed by atoms with Crippen LogP contribution in [-0.4, -0.2) is 30.8 Å². The maximum Gasteiger partial charge on any atom is 0.224 e. The molecule has 5 nitrogen and oxygen atoms in total. The molecule has 0 bridgehead atoms. The third kappa shape index (κ3) is 3.37. The first-order valence-corrected chi connectivity index (χ1v) is 6.10. The lowest BCUT2D eigenvalue weighted by Crippen LogP contribution is -2.16. The SMILES string of the molecule is O=C(CCCCO)Nc1ccc2c(c1)OCCO2. The van der Waals surface area contributed by atoms with E-state index in [-0.39, 0.29) is 12.5 Å². The summed E-state index contributed by atoms with van der Waals surface area (Å²) in [5.74, 6) is 1.31. The number of hydrogen-bond acceptors (Lipinski definition) is 4. The minimum absolute atomic E-state index is 0.0554. The summed E-state index contributed by atoms with van der Waals surface area (Å²) in [6.07, 6.45) is 1.75. The Morgan fingerprint density at radius 1 is 1.22 bits per heavy atom. The molecule has 2 rings (SSSR count). The van der Waals surface area contributed by atoms with Crippen LogP contribution in [0.5, 0.6) is 11.5 Å². The Morgan fingerprint density at radius 3 is 2.78 bits per heavy atom. The van der Waals surface area contributed by atoms with Gasteiger partial charge in [0.15, 0.2) is 11.5 Å². The second-order valence-electron chi connectivity index (χ2n) is 4.09. The van der Waals surface area contributed by atoms with Gasteiger partial charge in [0, 0.05) is 24.8 Å². The molecular weight excluding hydrogens is 234 g/mol. The molecule has 1 amide bonds. The Kier molecular flexibility index (Phi) is 4.41. The van der Waals surface area contributed by atoms with E-state index in [0.29, 0.717) is 49.7 Å². The molecular formula is C13H17NO4. The van der Waals surface area contributed by atoms with Crippen molar-refractivity contribution in [3.05, 3.63) is 18.2 Å². The van der Waals surface area contributed by atoms with E-state index >= 15 is 0 Å². The summed E-state index contributed by atoms with van der Waals surface area (Å²) in [5, 5.41) is 11.4. The van der Waals surface area contributed by atoms with Gasteiger partial charge in [-0.05, 0) is 25.0 Å². The van der Waals surface area contributed by atoms with Gasteiger partial charge in [-0.1, -0.05) is 0 Å². The van der Waals surface area contributed by atoms with Crippen LogP contribution < -0.4 is 14.8 Å². The van der Waals surface area contributed by atoms with Crippen molar-refractivity contribution < 1.29 is 19.4 Å². The highest BCUT2D eigenvalue weighted by Crippen LogP contribution is 2.32. The van der Waals surface area contributed by atoms with Crippen LogP contribution in [0.3, 0.4) is 0 Å². The number of aliphatic hydroxyl groups is 1. The molecule has 1 aliphatic rings. The van der Waals surface area contributed by atoms with Gasteiger partial charge in [0.1, 0.15) is 13.2 Å². The van der Waals surface area contributed by atoms with Gasteiger partial charge in [-0.3, -0.25) is 4.79 Å². The third-order valence-electron chi connectivity index (χ3n) is 2.64. The summed E-state index contributed by atoms with van der Waals surface area (Å²) >= 11 is 0. The molecule has 1 heterocycles. The van der Waals surface area contributed by atoms with Gasteiger partial charge < -0.3 is 19.9 Å². The van der Waals surface area contributed by atoms with E-state index < -0.39 is 0 Å². The van der Waals surface area contributed by atoms with Crippen LogP contribution in [0, 0.1) is 0 Å². The number of hydrogen-bond donors (Lipinski definition) is 2. The molecule has 0 radical (unpaired) electrons. The predicted octanol–water partition coefficient (Wildman–Crippen LogP) is 1.56. The number of fused-ring (bicyclic) bond motifs is 1. The Labute approximate surface area is 106 Å². The minimum atomic E-state index is -0.0554. The van der Waals surface area contributed by atoms with E-state index in [1.54, 1.807) is 18.2 Å². The number of aliphatic hydroxyl groups excluding tert-OH is 1. The van der Waals surface area contributed by atoms with Crippen molar-refractivity contribution in [2.45, 2.75) is 19.3 Å². The van der Waals surface area contributed by atoms with Crippen LogP contribution in [0.25, 0.3) is 0 Å². The van der Waals surface area contributed by atoms with Crippen molar-refractivity contribution in [2.24, 2.45) is 0 Å². The zero-order valence-corrected chi connectivity index (χ0v) is 10.1. The van der Waals surface area contributed by atoms with Crippen LogP contribution in [-0.2, 0) is 4.79 Å². The molecule has 0 aromatic heterocycles. The third-order valence-corrected chi connectivity index (χ3v) is 2.64. The fraction of sp³-hybridized carbons (Fsp3) is 0.462. The van der Waals surface area contributed by atoms with Crippen LogP contribution in [0.2, 0.25) is 0 Å². The zero-order chi connectivity index (χ0) is 12.8. The molecule has 1 aliphatic heterocycles. The van der Waals surface area contributed by atoms with Crippen molar-refractivity contribution in [3.8, 4) is 11.5 Å². The molecule has 0 spiro atoms. The summed E-state index contributed by atoms with van der Waals surface area (Å²) in [6.45, 7) is 1.21. The number of ether oxygens (including phenoxy) is 2. The monoisotopic (exact) mass is 251 g/mol. The molecule has 0 fully saturated rings. The molecule has 1 aromatic carbocycles. The van der Waals surface area contributed by atoms with E-state index in [1.165, 1.54) is 0 Å². The molecule has 2 N–H and O–H groups in total. The van der Waals surface area contributed by atoms with Gasteiger partial charge in [0.2, 0.25) is 5.91 Å². The maximum absolute atomic E-state index is 11.6. The molecule has 0 aliphatic carbocycles. The topological polar surface area (TPSA) is 67.8 Å². The summed E-state index contributed by atoms with van der Waals surface area (Å²) in [4.78, 5) is 11.6. The quantitative estimate of drug-likeness (QED) is 0.779. The molecule has 98 valence electrons. The number of carbonyl (C=O) groups excluding carboxylic acids is 1. The van der Waals surface area contributed by atoms with E-state index in [0.717, 1.165) is 0 Å². The van der Waals surface area contributed by atoms with Crippen molar-refractivity contribution >= 4 is 11.6 Å². The standard InChI is InChI=1S/C13H17NO4/c15-6-2-1-3-13(16)14-10-4-5-11-12(9-10)18-8-7-17-11/h4-5,9,15H,1-3,6-8H2,(H,14,16). The second-order valence-corrected chi connectivity index (χ2v) is 4.09. The fourth-order valence-electron chi connectivity index (χ4n) is 1.74. The summed E-state index contributed by atoms with van der Waals surface area (Å²) in [5.41, 5.74) is 0.702. The molecule has 1 aromatic rings. The van der Waals surface area contributed by atoms with Crippen LogP contribution in [0.4, 0.5) is 5.69 Å². The van der Waals surface area contributed by atoms with E-state index in [9.17, 15) is 4.79 Å². The average Bonchev–Trinajstić information content (AvgIpc) is 2.39. The van der Waals surface area contributed by atoms with Gasteiger partial charge in [-0.15, -0.1) is 0 Å². The summed E-state index contributed by atoms with van der Waals surface area (Å²) < 4.78 is 10.8. The molecule has 0 atom stereocenters. The number of anilines is 1.